The third kappa shape index (κ3) is 16.6. The van der Waals surface area contributed by atoms with E-state index in [1.54, 1.807) is 0 Å². The average Bonchev–Trinajstić information content (AvgIpc) is 3.11. The highest BCUT2D eigenvalue weighted by Crippen LogP contribution is 2.27. The minimum Gasteiger partial charge on any atom is -0.379 e. The second-order valence-corrected chi connectivity index (χ2v) is 12.3. The van der Waals surface area contributed by atoms with Crippen molar-refractivity contribution in [3.63, 3.8) is 0 Å². The van der Waals surface area contributed by atoms with Crippen molar-refractivity contribution in [1.29, 1.82) is 0 Å². The molecule has 0 amide bonds. The maximum atomic E-state index is 11.4. The van der Waals surface area contributed by atoms with Crippen LogP contribution in [0.25, 0.3) is 0 Å². The van der Waals surface area contributed by atoms with Crippen LogP contribution in [-0.2, 0) is 23.7 Å². The highest BCUT2D eigenvalue weighted by atomic mass is 32.2. The Labute approximate surface area is 188 Å². The van der Waals surface area contributed by atoms with Crippen molar-refractivity contribution < 1.29 is 18.4 Å². The first-order chi connectivity index (χ1) is 13.6. The van der Waals surface area contributed by atoms with Gasteiger partial charge in [0, 0.05) is 18.1 Å². The van der Waals surface area contributed by atoms with Crippen LogP contribution in [0, 0.1) is 5.92 Å². The Balaban J connectivity index is 0.000000424. The fraction of sp³-hybridized carbons (Fsp3) is 0.960. The van der Waals surface area contributed by atoms with E-state index in [1.165, 1.54) is 44.9 Å². The molecule has 0 radical (unpaired) electrons. The smallest absolute Gasteiger partial charge is 0.0696 e. The molecule has 2 atom stereocenters. The third-order valence-electron chi connectivity index (χ3n) is 5.21. The van der Waals surface area contributed by atoms with Gasteiger partial charge in [-0.25, -0.2) is 0 Å². The van der Waals surface area contributed by atoms with Gasteiger partial charge in [-0.3, -0.25) is 4.21 Å². The van der Waals surface area contributed by atoms with Crippen LogP contribution < -0.4 is 0 Å². The summed E-state index contributed by atoms with van der Waals surface area (Å²) in [5, 5.41) is 0. The number of hydrogen-bond acceptors (Lipinski definition) is 4. The summed E-state index contributed by atoms with van der Waals surface area (Å²) in [5.41, 5.74) is 0. The molecule has 0 N–H and O–H groups in total. The molecule has 1 aliphatic heterocycles. The van der Waals surface area contributed by atoms with Gasteiger partial charge >= 0.3 is 0 Å². The summed E-state index contributed by atoms with van der Waals surface area (Å²) in [6, 6.07) is 0. The molecule has 3 fully saturated rings. The Bertz CT molecular complexity index is 503. The summed E-state index contributed by atoms with van der Waals surface area (Å²) in [4.78, 5) is 0. The Morgan fingerprint density at radius 1 is 0.833 bits per heavy atom. The molecule has 182 valence electrons. The van der Waals surface area contributed by atoms with Crippen molar-refractivity contribution in [2.45, 2.75) is 131 Å². The van der Waals surface area contributed by atoms with Gasteiger partial charge in [0.2, 0.25) is 0 Å². The normalized spacial score (nSPS) is 26.2. The summed E-state index contributed by atoms with van der Waals surface area (Å²) >= 11 is 0. The van der Waals surface area contributed by atoms with Gasteiger partial charge in [-0.1, -0.05) is 33.1 Å². The van der Waals surface area contributed by atoms with Crippen LogP contribution in [0.4, 0.5) is 0 Å². The third-order valence-corrected chi connectivity index (χ3v) is 7.17. The zero-order chi connectivity index (χ0) is 21.9. The van der Waals surface area contributed by atoms with E-state index >= 15 is 0 Å². The molecule has 3 rings (SSSR count). The van der Waals surface area contributed by atoms with E-state index in [0.717, 1.165) is 24.7 Å². The number of hydrogen-bond donors (Lipinski definition) is 0. The number of rotatable bonds is 8. The van der Waals surface area contributed by atoms with Gasteiger partial charge in [-0.05, 0) is 88.5 Å². The van der Waals surface area contributed by atoms with Gasteiger partial charge in [-0.15, -0.1) is 0 Å². The van der Waals surface area contributed by atoms with E-state index in [0.29, 0.717) is 24.1 Å². The van der Waals surface area contributed by atoms with E-state index in [2.05, 4.69) is 33.6 Å². The molecule has 1 heterocycles. The lowest BCUT2D eigenvalue weighted by molar-refractivity contribution is 0.0235. The van der Waals surface area contributed by atoms with E-state index in [9.17, 15) is 4.21 Å². The fourth-order valence-corrected chi connectivity index (χ4v) is 5.48. The lowest BCUT2D eigenvalue weighted by Crippen LogP contribution is -2.18. The Morgan fingerprint density at radius 2 is 1.37 bits per heavy atom. The number of ether oxygens (including phenoxy) is 3. The summed E-state index contributed by atoms with van der Waals surface area (Å²) in [7, 11) is -1.77. The summed E-state index contributed by atoms with van der Waals surface area (Å²) in [6.45, 7) is 13.4. The minimum atomic E-state index is -1.77. The SMILES string of the molecule is C.C=S1(=O)CCC(OC(C)C)C1.CC(C)OC1CC1.CC(C)OCCC1CCCC1. The second-order valence-electron chi connectivity index (χ2n) is 9.68. The Hall–Kier alpha value is -0.100. The van der Waals surface area contributed by atoms with Crippen molar-refractivity contribution in [3.05, 3.63) is 0 Å². The predicted molar refractivity (Wildman–Crippen MR) is 133 cm³/mol. The first-order valence-corrected chi connectivity index (χ1v) is 13.9. The zero-order valence-corrected chi connectivity index (χ0v) is 20.8. The van der Waals surface area contributed by atoms with Gasteiger partial charge in [0.15, 0.2) is 0 Å². The molecule has 0 spiro atoms. The molecule has 2 unspecified atom stereocenters. The van der Waals surface area contributed by atoms with Crippen LogP contribution in [0.15, 0.2) is 0 Å². The molecule has 5 heteroatoms. The standard InChI is InChI=1S/C10H20O.C8H16O2S.C6H12O.CH4/c1-9(2)11-8-7-10-5-3-4-6-10;1-7(2)10-8-4-5-11(3,9)6-8;1-5(2)7-6-3-4-6;/h9-10H,3-8H2,1-2H3;7-8H,3-6H2,1-2H3;5-6H,3-4H2,1-2H3;1H4. The van der Waals surface area contributed by atoms with Crippen LogP contribution in [0.3, 0.4) is 0 Å². The molecule has 30 heavy (non-hydrogen) atoms. The highest BCUT2D eigenvalue weighted by molar-refractivity contribution is 8.00. The predicted octanol–water partition coefficient (Wildman–Crippen LogP) is 6.10. The van der Waals surface area contributed by atoms with Crippen LogP contribution in [-0.4, -0.2) is 58.7 Å². The van der Waals surface area contributed by atoms with Gasteiger partial charge in [0.25, 0.3) is 0 Å². The highest BCUT2D eigenvalue weighted by Gasteiger charge is 2.24. The van der Waals surface area contributed by atoms with Crippen LogP contribution in [0.1, 0.15) is 100 Å². The van der Waals surface area contributed by atoms with Crippen molar-refractivity contribution in [1.82, 2.24) is 0 Å². The van der Waals surface area contributed by atoms with Crippen molar-refractivity contribution in [2.75, 3.05) is 18.1 Å². The lowest BCUT2D eigenvalue weighted by atomic mass is 10.1. The molecule has 0 aromatic carbocycles. The van der Waals surface area contributed by atoms with Gasteiger partial charge in [0.1, 0.15) is 0 Å². The van der Waals surface area contributed by atoms with Gasteiger partial charge < -0.3 is 14.2 Å². The molecule has 0 aromatic rings. The topological polar surface area (TPSA) is 44.8 Å². The molecule has 3 aliphatic rings. The first-order valence-electron chi connectivity index (χ1n) is 11.8. The molecule has 0 aromatic heterocycles. The van der Waals surface area contributed by atoms with Gasteiger partial charge in [-0.2, -0.15) is 0 Å². The largest absolute Gasteiger partial charge is 0.379 e. The fourth-order valence-electron chi connectivity index (χ4n) is 3.70. The monoisotopic (exact) mass is 448 g/mol. The van der Waals surface area contributed by atoms with E-state index < -0.39 is 9.52 Å². The van der Waals surface area contributed by atoms with Crippen molar-refractivity contribution in [2.24, 2.45) is 5.92 Å². The summed E-state index contributed by atoms with van der Waals surface area (Å²) in [6.07, 6.45) is 12.5. The maximum absolute atomic E-state index is 11.4. The van der Waals surface area contributed by atoms with Crippen molar-refractivity contribution in [3.8, 4) is 0 Å². The summed E-state index contributed by atoms with van der Waals surface area (Å²) < 4.78 is 27.8. The summed E-state index contributed by atoms with van der Waals surface area (Å²) in [5.74, 6) is 6.05. The Kier molecular flexibility index (Phi) is 15.6. The quantitative estimate of drug-likeness (QED) is 0.421. The van der Waals surface area contributed by atoms with E-state index in [1.807, 2.05) is 13.8 Å². The zero-order valence-electron chi connectivity index (χ0n) is 20.0. The molecule has 1 saturated heterocycles. The molecular formula is C25H52O4S. The van der Waals surface area contributed by atoms with E-state index in [4.69, 9.17) is 14.2 Å². The maximum Gasteiger partial charge on any atom is 0.0696 e. The van der Waals surface area contributed by atoms with Crippen molar-refractivity contribution >= 4 is 15.4 Å². The second kappa shape index (κ2) is 15.7. The van der Waals surface area contributed by atoms with Crippen LogP contribution >= 0.6 is 0 Å². The van der Waals surface area contributed by atoms with Crippen LogP contribution in [0.2, 0.25) is 0 Å². The average molecular weight is 449 g/mol. The van der Waals surface area contributed by atoms with Crippen LogP contribution in [0.5, 0.6) is 0 Å². The first kappa shape index (κ1) is 29.9. The molecule has 2 aliphatic carbocycles. The Morgan fingerprint density at radius 3 is 1.73 bits per heavy atom. The molecular weight excluding hydrogens is 396 g/mol. The lowest BCUT2D eigenvalue weighted by Gasteiger charge is -2.13. The minimum absolute atomic E-state index is 0. The van der Waals surface area contributed by atoms with Gasteiger partial charge in [0.05, 0.1) is 30.5 Å². The molecule has 4 nitrogen and oxygen atoms in total. The molecule has 0 bridgehead atoms. The molecule has 2 saturated carbocycles. The van der Waals surface area contributed by atoms with E-state index in [-0.39, 0.29) is 19.6 Å².